The van der Waals surface area contributed by atoms with Crippen molar-refractivity contribution in [3.63, 3.8) is 0 Å². The molecule has 3 rings (SSSR count). The third-order valence-electron chi connectivity index (χ3n) is 3.71. The van der Waals surface area contributed by atoms with Gasteiger partial charge in [0.2, 0.25) is 10.8 Å². The molecule has 1 unspecified atom stereocenters. The lowest BCUT2D eigenvalue weighted by Gasteiger charge is -2.27. The molecule has 0 fully saturated rings. The predicted octanol–water partition coefficient (Wildman–Crippen LogP) is 1.52. The van der Waals surface area contributed by atoms with Crippen LogP contribution in [0.5, 0.6) is 11.6 Å². The van der Waals surface area contributed by atoms with Crippen LogP contribution in [-0.4, -0.2) is 57.0 Å². The maximum Gasteiger partial charge on any atom is 0.230 e. The summed E-state index contributed by atoms with van der Waals surface area (Å²) in [6, 6.07) is 7.45. The Hall–Kier alpha value is -2.16. The number of aliphatic hydroxyl groups is 1. The molecule has 1 atom stereocenters. The molecule has 0 saturated carbocycles. The number of ether oxygens (including phenoxy) is 1. The normalized spacial score (nSPS) is 12.9. The fourth-order valence-corrected chi connectivity index (χ4v) is 3.67. The van der Waals surface area contributed by atoms with Crippen LogP contribution in [0.15, 0.2) is 30.6 Å². The number of likely N-dealkylation sites (N-methyl/N-ethyl adjacent to an activating group) is 1. The standard InChI is InChI=1S/C15H18N4O3S/c1-18(7-8-20)12(10-3-5-11(22-2)6-4-10)13-14(21)19-15(23-13)16-9-17-19/h3-6,9,12,20-21H,7-8H2,1-2H3. The van der Waals surface area contributed by atoms with Crippen molar-refractivity contribution < 1.29 is 14.9 Å². The van der Waals surface area contributed by atoms with Crippen LogP contribution in [0.3, 0.4) is 0 Å². The van der Waals surface area contributed by atoms with E-state index in [1.165, 1.54) is 22.2 Å². The number of aromatic nitrogens is 3. The van der Waals surface area contributed by atoms with Crippen molar-refractivity contribution in [1.29, 1.82) is 0 Å². The lowest BCUT2D eigenvalue weighted by molar-refractivity contribution is 0.196. The molecule has 8 heteroatoms. The summed E-state index contributed by atoms with van der Waals surface area (Å²) in [5.41, 5.74) is 0.988. The van der Waals surface area contributed by atoms with Crippen LogP contribution in [0.25, 0.3) is 4.96 Å². The number of thiazole rings is 1. The first-order valence-corrected chi connectivity index (χ1v) is 7.93. The van der Waals surface area contributed by atoms with Gasteiger partial charge in [-0.1, -0.05) is 23.5 Å². The van der Waals surface area contributed by atoms with Gasteiger partial charge in [0.15, 0.2) is 0 Å². The molecule has 0 saturated heterocycles. The number of fused-ring (bicyclic) bond motifs is 1. The van der Waals surface area contributed by atoms with E-state index >= 15 is 0 Å². The van der Waals surface area contributed by atoms with Gasteiger partial charge in [-0.15, -0.1) is 0 Å². The van der Waals surface area contributed by atoms with Gasteiger partial charge in [-0.25, -0.2) is 4.98 Å². The van der Waals surface area contributed by atoms with Crippen LogP contribution >= 0.6 is 11.3 Å². The molecule has 7 nitrogen and oxygen atoms in total. The topological polar surface area (TPSA) is 83.1 Å². The number of hydrogen-bond acceptors (Lipinski definition) is 7. The summed E-state index contributed by atoms with van der Waals surface area (Å²) < 4.78 is 6.62. The molecule has 0 aliphatic heterocycles. The SMILES string of the molecule is COc1ccc(C(c2sc3ncnn3c2O)N(C)CCO)cc1. The zero-order valence-electron chi connectivity index (χ0n) is 12.9. The Bertz CT molecular complexity index is 784. The van der Waals surface area contributed by atoms with Crippen LogP contribution in [-0.2, 0) is 0 Å². The highest BCUT2D eigenvalue weighted by Gasteiger charge is 2.27. The molecule has 2 heterocycles. The van der Waals surface area contributed by atoms with Crippen molar-refractivity contribution in [1.82, 2.24) is 19.5 Å². The summed E-state index contributed by atoms with van der Waals surface area (Å²) in [5, 5.41) is 23.8. The lowest BCUT2D eigenvalue weighted by Crippen LogP contribution is -2.28. The van der Waals surface area contributed by atoms with Gasteiger partial charge in [-0.2, -0.15) is 9.61 Å². The fourth-order valence-electron chi connectivity index (χ4n) is 2.55. The molecule has 3 aromatic rings. The maximum absolute atomic E-state index is 10.5. The van der Waals surface area contributed by atoms with E-state index in [9.17, 15) is 10.2 Å². The van der Waals surface area contributed by atoms with E-state index in [-0.39, 0.29) is 18.5 Å². The van der Waals surface area contributed by atoms with Gasteiger partial charge in [0, 0.05) is 6.54 Å². The molecule has 0 amide bonds. The number of benzene rings is 1. The van der Waals surface area contributed by atoms with Gasteiger partial charge >= 0.3 is 0 Å². The van der Waals surface area contributed by atoms with Crippen molar-refractivity contribution in [3.05, 3.63) is 41.0 Å². The van der Waals surface area contributed by atoms with E-state index in [4.69, 9.17) is 4.74 Å². The molecule has 0 aliphatic rings. The molecule has 1 aromatic carbocycles. The lowest BCUT2D eigenvalue weighted by atomic mass is 10.0. The Morgan fingerprint density at radius 1 is 1.35 bits per heavy atom. The summed E-state index contributed by atoms with van der Waals surface area (Å²) in [6.45, 7) is 0.508. The van der Waals surface area contributed by atoms with Gasteiger partial charge in [0.25, 0.3) is 0 Å². The van der Waals surface area contributed by atoms with E-state index in [1.54, 1.807) is 7.11 Å². The Morgan fingerprint density at radius 3 is 2.70 bits per heavy atom. The van der Waals surface area contributed by atoms with Crippen molar-refractivity contribution in [2.75, 3.05) is 27.3 Å². The van der Waals surface area contributed by atoms with Gasteiger partial charge in [-0.05, 0) is 24.7 Å². The average Bonchev–Trinajstić information content (AvgIpc) is 3.13. The first kappa shape index (κ1) is 15.7. The highest BCUT2D eigenvalue weighted by molar-refractivity contribution is 7.17. The highest BCUT2D eigenvalue weighted by atomic mass is 32.1. The zero-order chi connectivity index (χ0) is 16.4. The monoisotopic (exact) mass is 334 g/mol. The molecule has 122 valence electrons. The fraction of sp³-hybridized carbons (Fsp3) is 0.333. The van der Waals surface area contributed by atoms with Crippen LogP contribution < -0.4 is 4.74 Å². The molecular weight excluding hydrogens is 316 g/mol. The van der Waals surface area contributed by atoms with E-state index in [0.717, 1.165) is 16.2 Å². The number of methoxy groups -OCH3 is 1. The summed E-state index contributed by atoms with van der Waals surface area (Å²) in [7, 11) is 3.52. The predicted molar refractivity (Wildman–Crippen MR) is 87.1 cm³/mol. The highest BCUT2D eigenvalue weighted by Crippen LogP contribution is 2.39. The van der Waals surface area contributed by atoms with Crippen molar-refractivity contribution in [2.45, 2.75) is 6.04 Å². The molecule has 0 spiro atoms. The molecule has 0 bridgehead atoms. The second kappa shape index (κ2) is 6.53. The van der Waals surface area contributed by atoms with Crippen LogP contribution in [0.4, 0.5) is 0 Å². The number of nitrogens with zero attached hydrogens (tertiary/aromatic N) is 4. The Kier molecular flexibility index (Phi) is 4.46. The Labute approximate surface area is 137 Å². The molecule has 2 N–H and O–H groups in total. The molecule has 23 heavy (non-hydrogen) atoms. The van der Waals surface area contributed by atoms with Crippen LogP contribution in [0.2, 0.25) is 0 Å². The number of aromatic hydroxyl groups is 1. The van der Waals surface area contributed by atoms with Crippen LogP contribution in [0, 0.1) is 0 Å². The summed E-state index contributed by atoms with van der Waals surface area (Å²) in [4.78, 5) is 7.48. The second-order valence-electron chi connectivity index (χ2n) is 5.12. The number of hydrogen-bond donors (Lipinski definition) is 2. The minimum absolute atomic E-state index is 0.0324. The van der Waals surface area contributed by atoms with Gasteiger partial charge < -0.3 is 14.9 Å². The van der Waals surface area contributed by atoms with Gasteiger partial charge in [-0.3, -0.25) is 4.90 Å². The smallest absolute Gasteiger partial charge is 0.230 e. The Morgan fingerprint density at radius 2 is 2.09 bits per heavy atom. The third-order valence-corrected chi connectivity index (χ3v) is 4.80. The average molecular weight is 334 g/mol. The van der Waals surface area contributed by atoms with Gasteiger partial charge in [0.1, 0.15) is 12.1 Å². The van der Waals surface area contributed by atoms with Crippen molar-refractivity contribution in [3.8, 4) is 11.6 Å². The van der Waals surface area contributed by atoms with E-state index in [2.05, 4.69) is 10.1 Å². The summed E-state index contributed by atoms with van der Waals surface area (Å²) in [6.07, 6.45) is 1.41. The third kappa shape index (κ3) is 2.88. The summed E-state index contributed by atoms with van der Waals surface area (Å²) >= 11 is 1.38. The minimum Gasteiger partial charge on any atom is -0.497 e. The van der Waals surface area contributed by atoms with E-state index in [0.29, 0.717) is 11.5 Å². The summed E-state index contributed by atoms with van der Waals surface area (Å²) in [5.74, 6) is 0.845. The number of rotatable bonds is 6. The zero-order valence-corrected chi connectivity index (χ0v) is 13.7. The first-order chi connectivity index (χ1) is 11.2. The van der Waals surface area contributed by atoms with Crippen LogP contribution in [0.1, 0.15) is 16.5 Å². The van der Waals surface area contributed by atoms with Crippen molar-refractivity contribution in [2.24, 2.45) is 0 Å². The molecule has 2 aromatic heterocycles. The molecule has 0 aliphatic carbocycles. The van der Waals surface area contributed by atoms with Crippen molar-refractivity contribution >= 4 is 16.3 Å². The van der Waals surface area contributed by atoms with E-state index < -0.39 is 0 Å². The largest absolute Gasteiger partial charge is 0.497 e. The first-order valence-electron chi connectivity index (χ1n) is 7.12. The quantitative estimate of drug-likeness (QED) is 0.711. The molecular formula is C15H18N4O3S. The van der Waals surface area contributed by atoms with E-state index in [1.807, 2.05) is 36.2 Å². The Balaban J connectivity index is 2.07. The molecule has 0 radical (unpaired) electrons. The van der Waals surface area contributed by atoms with Gasteiger partial charge in [0.05, 0.1) is 24.6 Å². The number of aliphatic hydroxyl groups excluding tert-OH is 1. The second-order valence-corrected chi connectivity index (χ2v) is 6.13. The maximum atomic E-state index is 10.5. The minimum atomic E-state index is -0.207.